The number of para-hydroxylation sites is 1. The summed E-state index contributed by atoms with van der Waals surface area (Å²) in [6.07, 6.45) is 4.72. The maximum absolute atomic E-state index is 15.8. The fourth-order valence-corrected chi connectivity index (χ4v) is 11.0. The zero-order chi connectivity index (χ0) is 49.3. The molecule has 0 bridgehead atoms. The van der Waals surface area contributed by atoms with Crippen molar-refractivity contribution in [3.63, 3.8) is 0 Å². The van der Waals surface area contributed by atoms with Gasteiger partial charge in [-0.3, -0.25) is 39.4 Å². The molecule has 7 aromatic rings. The van der Waals surface area contributed by atoms with E-state index in [1.165, 1.54) is 22.1 Å². The number of pyridine rings is 1. The number of benzene rings is 4. The van der Waals surface area contributed by atoms with E-state index < -0.39 is 23.6 Å². The van der Waals surface area contributed by atoms with Gasteiger partial charge in [0.1, 0.15) is 17.1 Å². The lowest BCUT2D eigenvalue weighted by Crippen LogP contribution is -2.39. The Morgan fingerprint density at radius 1 is 0.901 bits per heavy atom. The van der Waals surface area contributed by atoms with Crippen molar-refractivity contribution >= 4 is 78.7 Å². The number of carboxylic acids is 1. The largest absolute Gasteiger partial charge is 0.493 e. The summed E-state index contributed by atoms with van der Waals surface area (Å²) in [6, 6.07) is 25.9. The molecular formula is C53H52FN9O7S. The number of aryl methyl sites for hydroxylation is 1. The lowest BCUT2D eigenvalue weighted by Gasteiger charge is -2.31. The molecule has 4 aromatic carbocycles. The summed E-state index contributed by atoms with van der Waals surface area (Å²) in [4.78, 5) is 77.1. The van der Waals surface area contributed by atoms with Crippen molar-refractivity contribution in [3.05, 3.63) is 124 Å². The second-order valence-corrected chi connectivity index (χ2v) is 19.5. The van der Waals surface area contributed by atoms with Gasteiger partial charge in [-0.15, -0.1) is 0 Å². The third kappa shape index (κ3) is 9.81. The first-order chi connectivity index (χ1) is 34.4. The summed E-state index contributed by atoms with van der Waals surface area (Å²) < 4.78 is 24.4. The van der Waals surface area contributed by atoms with E-state index in [0.717, 1.165) is 65.7 Å². The SMILES string of the molecule is Cc1c(OCCCC2CCN(CC(=O)Nc3ccc4c(C5CCC(=O)NC5=O)nn(C)c4c3F)CC2)cccc1-c1ccc(N2CCc3cccc(C(=O)Nc4nc5ccccc5s4)c3C2)nc1C(=O)O. The molecule has 0 radical (unpaired) electrons. The molecule has 364 valence electrons. The number of ether oxygens (including phenoxy) is 1. The van der Waals surface area contributed by atoms with Crippen molar-refractivity contribution in [2.24, 2.45) is 13.0 Å². The molecule has 71 heavy (non-hydrogen) atoms. The minimum absolute atomic E-state index is 0.0358. The number of hydrogen-bond donors (Lipinski definition) is 4. The van der Waals surface area contributed by atoms with E-state index in [-0.39, 0.29) is 47.6 Å². The van der Waals surface area contributed by atoms with Crippen molar-refractivity contribution in [1.29, 1.82) is 0 Å². The summed E-state index contributed by atoms with van der Waals surface area (Å²) in [5.41, 5.74) is 5.85. The van der Waals surface area contributed by atoms with E-state index in [1.54, 1.807) is 25.2 Å². The predicted octanol–water partition coefficient (Wildman–Crippen LogP) is 8.24. The van der Waals surface area contributed by atoms with Crippen LogP contribution in [-0.4, -0.2) is 92.1 Å². The molecule has 3 aromatic heterocycles. The number of carbonyl (C=O) groups excluding carboxylic acids is 4. The van der Waals surface area contributed by atoms with Crippen molar-refractivity contribution in [1.82, 2.24) is 30.0 Å². The smallest absolute Gasteiger partial charge is 0.355 e. The molecule has 0 aliphatic carbocycles. The molecule has 2 saturated heterocycles. The minimum Gasteiger partial charge on any atom is -0.493 e. The number of carbonyl (C=O) groups is 5. The number of thiazole rings is 1. The number of likely N-dealkylation sites (tertiary alicyclic amines) is 1. The number of piperidine rings is 2. The third-order valence-electron chi connectivity index (χ3n) is 13.9. The molecule has 1 unspecified atom stereocenters. The zero-order valence-electron chi connectivity index (χ0n) is 39.3. The summed E-state index contributed by atoms with van der Waals surface area (Å²) in [6.45, 7) is 4.97. The molecule has 16 nitrogen and oxygen atoms in total. The lowest BCUT2D eigenvalue weighted by molar-refractivity contribution is -0.134. The van der Waals surface area contributed by atoms with Gasteiger partial charge in [-0.2, -0.15) is 5.10 Å². The molecule has 0 saturated carbocycles. The fraction of sp³-hybridized carbons (Fsp3) is 0.321. The average molecular weight is 978 g/mol. The van der Waals surface area contributed by atoms with Gasteiger partial charge >= 0.3 is 5.97 Å². The second-order valence-electron chi connectivity index (χ2n) is 18.4. The number of aromatic carboxylic acids is 1. The Kier molecular flexibility index (Phi) is 13.3. The molecule has 18 heteroatoms. The second kappa shape index (κ2) is 20.0. The Hall–Kier alpha value is -7.57. The number of imide groups is 1. The summed E-state index contributed by atoms with van der Waals surface area (Å²) in [7, 11) is 1.59. The molecule has 0 spiro atoms. The van der Waals surface area contributed by atoms with Crippen molar-refractivity contribution in [3.8, 4) is 16.9 Å². The normalized spacial score (nSPS) is 16.5. The Labute approximate surface area is 412 Å². The van der Waals surface area contributed by atoms with Crippen molar-refractivity contribution in [2.75, 3.05) is 48.3 Å². The minimum atomic E-state index is -1.15. The first-order valence-electron chi connectivity index (χ1n) is 23.9. The summed E-state index contributed by atoms with van der Waals surface area (Å²) >= 11 is 1.42. The predicted molar refractivity (Wildman–Crippen MR) is 268 cm³/mol. The first kappa shape index (κ1) is 47.1. The van der Waals surface area contributed by atoms with Gasteiger partial charge in [-0.1, -0.05) is 47.7 Å². The van der Waals surface area contributed by atoms with Gasteiger partial charge in [-0.25, -0.2) is 19.2 Å². The van der Waals surface area contributed by atoms with Crippen LogP contribution < -0.4 is 25.6 Å². The molecule has 2 fully saturated rings. The highest BCUT2D eigenvalue weighted by molar-refractivity contribution is 7.22. The van der Waals surface area contributed by atoms with Gasteiger partial charge in [0.05, 0.1) is 40.7 Å². The highest BCUT2D eigenvalue weighted by atomic mass is 32.1. The number of fused-ring (bicyclic) bond motifs is 3. The van der Waals surface area contributed by atoms with E-state index in [1.807, 2.05) is 72.5 Å². The number of rotatable bonds is 14. The number of aromatic nitrogens is 4. The van der Waals surface area contributed by atoms with Gasteiger partial charge in [0.25, 0.3) is 5.91 Å². The number of hydrogen-bond acceptors (Lipinski definition) is 12. The first-order valence-corrected chi connectivity index (χ1v) is 24.7. The molecule has 4 amide bonds. The molecule has 10 rings (SSSR count). The Balaban J connectivity index is 0.714. The Morgan fingerprint density at radius 2 is 1.72 bits per heavy atom. The highest BCUT2D eigenvalue weighted by Crippen LogP contribution is 2.37. The van der Waals surface area contributed by atoms with Crippen molar-refractivity contribution in [2.45, 2.75) is 64.3 Å². The van der Waals surface area contributed by atoms with Crippen LogP contribution >= 0.6 is 11.3 Å². The van der Waals surface area contributed by atoms with Gasteiger partial charge in [0.2, 0.25) is 17.7 Å². The van der Waals surface area contributed by atoms with E-state index in [4.69, 9.17) is 9.72 Å². The van der Waals surface area contributed by atoms with Gasteiger partial charge in [-0.05, 0) is 135 Å². The van der Waals surface area contributed by atoms with Crippen LogP contribution in [0.4, 0.5) is 21.0 Å². The summed E-state index contributed by atoms with van der Waals surface area (Å²) in [5.74, 6) is -2.17. The van der Waals surface area contributed by atoms with E-state index >= 15 is 4.39 Å². The van der Waals surface area contributed by atoms with Crippen LogP contribution in [-0.2, 0) is 34.4 Å². The van der Waals surface area contributed by atoms with Crippen LogP contribution in [0.1, 0.15) is 87.7 Å². The number of amides is 4. The van der Waals surface area contributed by atoms with E-state index in [0.29, 0.717) is 82.9 Å². The molecule has 1 atom stereocenters. The third-order valence-corrected chi connectivity index (χ3v) is 14.9. The Morgan fingerprint density at radius 3 is 2.52 bits per heavy atom. The van der Waals surface area contributed by atoms with Crippen LogP contribution in [0.5, 0.6) is 5.75 Å². The van der Waals surface area contributed by atoms with Crippen LogP contribution in [0.3, 0.4) is 0 Å². The number of halogens is 1. The number of nitrogens with zero attached hydrogens (tertiary/aromatic N) is 6. The number of anilines is 3. The van der Waals surface area contributed by atoms with Crippen LogP contribution in [0.25, 0.3) is 32.2 Å². The lowest BCUT2D eigenvalue weighted by atomic mass is 9.92. The van der Waals surface area contributed by atoms with Gasteiger partial charge < -0.3 is 20.1 Å². The van der Waals surface area contributed by atoms with Crippen LogP contribution in [0, 0.1) is 18.7 Å². The average Bonchev–Trinajstić information content (AvgIpc) is 3.93. The number of carboxylic acid groups (broad SMARTS) is 1. The van der Waals surface area contributed by atoms with Gasteiger partial charge in [0, 0.05) is 43.1 Å². The highest BCUT2D eigenvalue weighted by Gasteiger charge is 2.33. The van der Waals surface area contributed by atoms with E-state index in [2.05, 4.69) is 30.9 Å². The topological polar surface area (TPSA) is 201 Å². The maximum atomic E-state index is 15.8. The van der Waals surface area contributed by atoms with Gasteiger partial charge in [0.15, 0.2) is 16.6 Å². The standard InChI is InChI=1S/C53H52FN9O7S/c1-30-33(34-16-19-43(57-48(34)52(68)69)63-26-23-32-9-5-11-35(38(32)28-63)50(66)59-53-56-39-12-3-4-14-42(39)71-53)10-6-13-41(30)70-27-7-8-31-21-24-62(25-22-31)29-45(65)55-40-18-15-36-47(60-61(2)49(36)46(40)54)37-17-20-44(64)58-51(37)67/h3-6,9-16,18-19,31,37H,7-8,17,20-29H2,1-2H3,(H,55,65)(H,68,69)(H,56,59,66)(H,58,64,67). The molecule has 3 aliphatic heterocycles. The molecular weight excluding hydrogens is 926 g/mol. The molecule has 6 heterocycles. The van der Waals surface area contributed by atoms with Crippen molar-refractivity contribution < 1.29 is 38.2 Å². The maximum Gasteiger partial charge on any atom is 0.355 e. The summed E-state index contributed by atoms with van der Waals surface area (Å²) in [5, 5.41) is 23.9. The number of nitrogens with one attached hydrogen (secondary N) is 3. The molecule has 3 aliphatic rings. The quantitative estimate of drug-likeness (QED) is 0.0602. The zero-order valence-corrected chi connectivity index (χ0v) is 40.1. The van der Waals surface area contributed by atoms with Crippen LogP contribution in [0.2, 0.25) is 0 Å². The van der Waals surface area contributed by atoms with E-state index in [9.17, 15) is 29.1 Å². The van der Waals surface area contributed by atoms with Crippen LogP contribution in [0.15, 0.2) is 84.9 Å². The molecule has 4 N–H and O–H groups in total. The fourth-order valence-electron chi connectivity index (χ4n) is 10.2. The monoisotopic (exact) mass is 977 g/mol. The Bertz CT molecular complexity index is 3220.